The number of hydrogen-bond donors (Lipinski definition) is 0. The van der Waals surface area contributed by atoms with Gasteiger partial charge in [-0.1, -0.05) is 0 Å². The lowest BCUT2D eigenvalue weighted by atomic mass is 10.1. The number of benzene rings is 1. The van der Waals surface area contributed by atoms with Gasteiger partial charge in [0.1, 0.15) is 5.75 Å². The predicted octanol–water partition coefficient (Wildman–Crippen LogP) is 1.43. The minimum atomic E-state index is -0.119. The van der Waals surface area contributed by atoms with Crippen molar-refractivity contribution in [2.45, 2.75) is 0 Å². The van der Waals surface area contributed by atoms with Gasteiger partial charge in [0.15, 0.2) is 0 Å². The molecule has 0 bridgehead atoms. The smallest absolute Gasteiger partial charge is 0.205 e. The Morgan fingerprint density at radius 2 is 1.93 bits per heavy atom. The molecule has 0 spiro atoms. The van der Waals surface area contributed by atoms with Crippen LogP contribution in [-0.2, 0) is 0 Å². The van der Waals surface area contributed by atoms with Gasteiger partial charge in [0.25, 0.3) is 0 Å². The number of rotatable bonds is 4. The van der Waals surface area contributed by atoms with Gasteiger partial charge in [0, 0.05) is 19.7 Å². The Bertz CT molecular complexity index is 355. The first-order valence-corrected chi connectivity index (χ1v) is 4.53. The van der Waals surface area contributed by atoms with Gasteiger partial charge in [-0.2, -0.15) is 5.10 Å². The maximum Gasteiger partial charge on any atom is 0.205 e. The molecular weight excluding hydrogens is 192 g/mol. The molecule has 0 N–H and O–H groups in total. The molecule has 0 aromatic heterocycles. The van der Waals surface area contributed by atoms with E-state index in [1.54, 1.807) is 50.5 Å². The van der Waals surface area contributed by atoms with Crippen LogP contribution in [0.3, 0.4) is 0 Å². The first kappa shape index (κ1) is 11.2. The topological polar surface area (TPSA) is 41.9 Å². The van der Waals surface area contributed by atoms with Gasteiger partial charge in [-0.15, -0.1) is 0 Å². The van der Waals surface area contributed by atoms with Crippen molar-refractivity contribution in [3.8, 4) is 5.75 Å². The normalized spacial score (nSPS) is 10.3. The second-order valence-electron chi connectivity index (χ2n) is 3.18. The average molecular weight is 206 g/mol. The molecule has 80 valence electrons. The van der Waals surface area contributed by atoms with Crippen LogP contribution in [0.25, 0.3) is 0 Å². The number of hydrogen-bond acceptors (Lipinski definition) is 4. The Morgan fingerprint density at radius 1 is 1.33 bits per heavy atom. The Hall–Kier alpha value is -1.84. The van der Waals surface area contributed by atoms with Crippen LogP contribution in [0.5, 0.6) is 5.75 Å². The van der Waals surface area contributed by atoms with Crippen LogP contribution in [-0.4, -0.2) is 38.2 Å². The highest BCUT2D eigenvalue weighted by Crippen LogP contribution is 2.11. The average Bonchev–Trinajstić information content (AvgIpc) is 2.26. The van der Waals surface area contributed by atoms with Crippen LogP contribution < -0.4 is 4.74 Å². The third-order valence-electron chi connectivity index (χ3n) is 1.78. The van der Waals surface area contributed by atoms with E-state index in [2.05, 4.69) is 5.10 Å². The van der Waals surface area contributed by atoms with Crippen molar-refractivity contribution in [3.05, 3.63) is 29.8 Å². The fourth-order valence-corrected chi connectivity index (χ4v) is 0.998. The van der Waals surface area contributed by atoms with E-state index in [1.807, 2.05) is 0 Å². The van der Waals surface area contributed by atoms with E-state index in [4.69, 9.17) is 4.74 Å². The van der Waals surface area contributed by atoms with Gasteiger partial charge in [0.2, 0.25) is 5.78 Å². The highest BCUT2D eigenvalue weighted by atomic mass is 16.5. The molecule has 0 heterocycles. The van der Waals surface area contributed by atoms with Crippen molar-refractivity contribution in [1.82, 2.24) is 5.01 Å². The van der Waals surface area contributed by atoms with E-state index in [0.29, 0.717) is 5.56 Å². The summed E-state index contributed by atoms with van der Waals surface area (Å²) in [5, 5.41) is 5.44. The summed E-state index contributed by atoms with van der Waals surface area (Å²) in [4.78, 5) is 11.5. The maximum absolute atomic E-state index is 11.5. The molecule has 4 heteroatoms. The van der Waals surface area contributed by atoms with Crippen molar-refractivity contribution >= 4 is 12.0 Å². The summed E-state index contributed by atoms with van der Waals surface area (Å²) in [5.74, 6) is 0.613. The number of ketones is 1. The zero-order valence-electron chi connectivity index (χ0n) is 9.10. The third kappa shape index (κ3) is 3.42. The number of nitrogens with zero attached hydrogens (tertiary/aromatic N) is 2. The van der Waals surface area contributed by atoms with E-state index < -0.39 is 0 Å². The van der Waals surface area contributed by atoms with Crippen LogP contribution in [0.15, 0.2) is 29.4 Å². The lowest BCUT2D eigenvalue weighted by Gasteiger charge is -2.02. The monoisotopic (exact) mass is 206 g/mol. The molecule has 0 fully saturated rings. The molecule has 0 aliphatic rings. The minimum Gasteiger partial charge on any atom is -0.497 e. The second kappa shape index (κ2) is 5.14. The summed E-state index contributed by atoms with van der Waals surface area (Å²) in [6.45, 7) is 0. The Kier molecular flexibility index (Phi) is 3.85. The second-order valence-corrected chi connectivity index (χ2v) is 3.18. The molecule has 0 amide bonds. The summed E-state index contributed by atoms with van der Waals surface area (Å²) < 4.78 is 4.99. The van der Waals surface area contributed by atoms with E-state index in [-0.39, 0.29) is 5.78 Å². The van der Waals surface area contributed by atoms with Crippen molar-refractivity contribution in [3.63, 3.8) is 0 Å². The van der Waals surface area contributed by atoms with Crippen molar-refractivity contribution in [2.75, 3.05) is 21.2 Å². The molecule has 0 atom stereocenters. The molecule has 0 saturated heterocycles. The lowest BCUT2D eigenvalue weighted by Crippen LogP contribution is -2.07. The first-order valence-electron chi connectivity index (χ1n) is 4.53. The first-order chi connectivity index (χ1) is 7.13. The number of carbonyl (C=O) groups excluding carboxylic acids is 1. The molecule has 1 rings (SSSR count). The van der Waals surface area contributed by atoms with E-state index >= 15 is 0 Å². The molecule has 1 aromatic carbocycles. The zero-order chi connectivity index (χ0) is 11.3. The summed E-state index contributed by atoms with van der Waals surface area (Å²) in [6, 6.07) is 6.92. The molecule has 4 nitrogen and oxygen atoms in total. The number of methoxy groups -OCH3 is 1. The molecular formula is C11H14N2O2. The van der Waals surface area contributed by atoms with Crippen molar-refractivity contribution < 1.29 is 9.53 Å². The van der Waals surface area contributed by atoms with Gasteiger partial charge in [0.05, 0.1) is 13.3 Å². The number of Topliss-reactive ketones (excluding diaryl/α,β-unsaturated/α-hetero) is 1. The minimum absolute atomic E-state index is 0.119. The summed E-state index contributed by atoms with van der Waals surface area (Å²) in [5.41, 5.74) is 0.599. The summed E-state index contributed by atoms with van der Waals surface area (Å²) >= 11 is 0. The molecule has 15 heavy (non-hydrogen) atoms. The van der Waals surface area contributed by atoms with Crippen LogP contribution in [0.1, 0.15) is 10.4 Å². The van der Waals surface area contributed by atoms with Gasteiger partial charge < -0.3 is 9.75 Å². The molecule has 0 aliphatic carbocycles. The van der Waals surface area contributed by atoms with Crippen molar-refractivity contribution in [1.29, 1.82) is 0 Å². The quantitative estimate of drug-likeness (QED) is 0.425. The van der Waals surface area contributed by atoms with E-state index in [9.17, 15) is 4.79 Å². The standard InChI is InChI=1S/C11H14N2O2/c1-13(2)12-8-11(14)9-4-6-10(15-3)7-5-9/h4-8H,1-3H3/b12-8+. The van der Waals surface area contributed by atoms with Crippen LogP contribution in [0, 0.1) is 0 Å². The number of carbonyl (C=O) groups is 1. The summed E-state index contributed by atoms with van der Waals surface area (Å²) in [7, 11) is 5.11. The summed E-state index contributed by atoms with van der Waals surface area (Å²) in [6.07, 6.45) is 1.29. The van der Waals surface area contributed by atoms with Crippen LogP contribution in [0.2, 0.25) is 0 Å². The number of ether oxygens (including phenoxy) is 1. The van der Waals surface area contributed by atoms with Crippen LogP contribution in [0.4, 0.5) is 0 Å². The largest absolute Gasteiger partial charge is 0.497 e. The maximum atomic E-state index is 11.5. The molecule has 0 unspecified atom stereocenters. The highest BCUT2D eigenvalue weighted by Gasteiger charge is 2.02. The molecule has 0 radical (unpaired) electrons. The fraction of sp³-hybridized carbons (Fsp3) is 0.273. The van der Waals surface area contributed by atoms with Gasteiger partial charge in [-0.3, -0.25) is 4.79 Å². The van der Waals surface area contributed by atoms with Crippen molar-refractivity contribution in [2.24, 2.45) is 5.10 Å². The zero-order valence-corrected chi connectivity index (χ0v) is 9.10. The Balaban J connectivity index is 2.74. The van der Waals surface area contributed by atoms with Gasteiger partial charge in [-0.25, -0.2) is 0 Å². The molecule has 0 aliphatic heterocycles. The Morgan fingerprint density at radius 3 is 2.40 bits per heavy atom. The molecule has 0 saturated carbocycles. The Labute approximate surface area is 89.2 Å². The third-order valence-corrected chi connectivity index (χ3v) is 1.78. The lowest BCUT2D eigenvalue weighted by molar-refractivity contribution is 0.106. The highest BCUT2D eigenvalue weighted by molar-refractivity contribution is 6.35. The number of hydrazone groups is 1. The van der Waals surface area contributed by atoms with Gasteiger partial charge in [-0.05, 0) is 24.3 Å². The van der Waals surface area contributed by atoms with Gasteiger partial charge >= 0.3 is 0 Å². The predicted molar refractivity (Wildman–Crippen MR) is 59.5 cm³/mol. The molecule has 1 aromatic rings. The fourth-order valence-electron chi connectivity index (χ4n) is 0.998. The van der Waals surface area contributed by atoms with Crippen LogP contribution >= 0.6 is 0 Å². The van der Waals surface area contributed by atoms with E-state index in [0.717, 1.165) is 5.75 Å². The van der Waals surface area contributed by atoms with E-state index in [1.165, 1.54) is 6.21 Å². The SMILES string of the molecule is COc1ccc(C(=O)/C=N/N(C)C)cc1.